The summed E-state index contributed by atoms with van der Waals surface area (Å²) in [5.74, 6) is 0.814. The summed E-state index contributed by atoms with van der Waals surface area (Å²) in [6.07, 6.45) is 3.07. The highest BCUT2D eigenvalue weighted by molar-refractivity contribution is 8.01. The summed E-state index contributed by atoms with van der Waals surface area (Å²) in [6.45, 7) is 3.53. The van der Waals surface area contributed by atoms with Crippen LogP contribution in [0.25, 0.3) is 10.9 Å². The van der Waals surface area contributed by atoms with E-state index < -0.39 is 0 Å². The van der Waals surface area contributed by atoms with Crippen LogP contribution in [0.2, 0.25) is 0 Å². The molecule has 1 unspecified atom stereocenters. The first-order chi connectivity index (χ1) is 15.6. The molecule has 1 aromatic carbocycles. The van der Waals surface area contributed by atoms with Crippen molar-refractivity contribution in [2.75, 3.05) is 32.6 Å². The van der Waals surface area contributed by atoms with Crippen molar-refractivity contribution < 1.29 is 18.7 Å². The van der Waals surface area contributed by atoms with Crippen LogP contribution in [0, 0.1) is 11.7 Å². The predicted molar refractivity (Wildman–Crippen MR) is 129 cm³/mol. The average molecular weight is 477 g/mol. The minimum Gasteiger partial charge on any atom is -0.497 e. The first-order valence-corrected chi connectivity index (χ1v) is 12.6. The number of aromatic nitrogens is 1. The number of esters is 1. The third-order valence-corrected chi connectivity index (χ3v) is 7.28. The van der Waals surface area contributed by atoms with Gasteiger partial charge in [-0.05, 0) is 61.4 Å². The number of fused-ring (bicyclic) bond motifs is 1. The van der Waals surface area contributed by atoms with E-state index in [0.29, 0.717) is 43.7 Å². The highest BCUT2D eigenvalue weighted by Crippen LogP contribution is 2.26. The zero-order chi connectivity index (χ0) is 22.8. The van der Waals surface area contributed by atoms with E-state index in [1.165, 1.54) is 10.4 Å². The number of methoxy groups -OCH3 is 1. The Bertz CT molecular complexity index is 998. The summed E-state index contributed by atoms with van der Waals surface area (Å²) in [4.78, 5) is 16.6. The van der Waals surface area contributed by atoms with Gasteiger partial charge in [-0.1, -0.05) is 6.07 Å². The fraction of sp³-hybridized carbons (Fsp3) is 0.417. The predicted octanol–water partition coefficient (Wildman–Crippen LogP) is 5.33. The van der Waals surface area contributed by atoms with Gasteiger partial charge in [-0.25, -0.2) is 4.39 Å². The fourth-order valence-corrected chi connectivity index (χ4v) is 5.28. The average Bonchev–Trinajstić information content (AvgIpc) is 3.32. The molecule has 172 valence electrons. The van der Waals surface area contributed by atoms with E-state index in [9.17, 15) is 9.18 Å². The molecule has 0 aliphatic rings. The number of halogens is 1. The quantitative estimate of drug-likeness (QED) is 0.204. The number of benzene rings is 1. The van der Waals surface area contributed by atoms with Crippen LogP contribution in [0.15, 0.2) is 46.1 Å². The molecular formula is C24H29FN2O3S2. The number of hydrogen-bond donors (Lipinski definition) is 1. The van der Waals surface area contributed by atoms with E-state index >= 15 is 0 Å². The second-order valence-electron chi connectivity index (χ2n) is 7.29. The number of nitrogens with zero attached hydrogens (tertiary/aromatic N) is 1. The molecule has 2 aromatic heterocycles. The molecule has 1 N–H and O–H groups in total. The van der Waals surface area contributed by atoms with Gasteiger partial charge in [0.1, 0.15) is 11.6 Å². The highest BCUT2D eigenvalue weighted by atomic mass is 32.2. The van der Waals surface area contributed by atoms with Gasteiger partial charge in [-0.15, -0.1) is 23.1 Å². The van der Waals surface area contributed by atoms with E-state index in [-0.39, 0.29) is 17.7 Å². The lowest BCUT2D eigenvalue weighted by Gasteiger charge is -2.17. The van der Waals surface area contributed by atoms with Crippen LogP contribution in [0.4, 0.5) is 4.39 Å². The molecule has 0 aliphatic heterocycles. The highest BCUT2D eigenvalue weighted by Gasteiger charge is 2.20. The molecule has 8 heteroatoms. The number of hydrogen-bond acceptors (Lipinski definition) is 7. The molecule has 0 spiro atoms. The number of thiophene rings is 1. The van der Waals surface area contributed by atoms with Gasteiger partial charge in [-0.2, -0.15) is 0 Å². The Morgan fingerprint density at radius 1 is 1.34 bits per heavy atom. The molecule has 0 fully saturated rings. The summed E-state index contributed by atoms with van der Waals surface area (Å²) in [5, 5.41) is 6.19. The second-order valence-corrected chi connectivity index (χ2v) is 9.64. The molecule has 5 nitrogen and oxygen atoms in total. The monoisotopic (exact) mass is 476 g/mol. The van der Waals surface area contributed by atoms with Crippen LogP contribution in [0.3, 0.4) is 0 Å². The van der Waals surface area contributed by atoms with Gasteiger partial charge >= 0.3 is 5.97 Å². The number of carbonyl (C=O) groups excluding carboxylic acids is 1. The zero-order valence-electron chi connectivity index (χ0n) is 18.4. The number of thioether (sulfide) groups is 1. The van der Waals surface area contributed by atoms with Crippen LogP contribution < -0.4 is 10.1 Å². The summed E-state index contributed by atoms with van der Waals surface area (Å²) in [7, 11) is 1.59. The lowest BCUT2D eigenvalue weighted by molar-refractivity contribution is -0.148. The van der Waals surface area contributed by atoms with Gasteiger partial charge < -0.3 is 14.8 Å². The van der Waals surface area contributed by atoms with Gasteiger partial charge in [0.15, 0.2) is 0 Å². The molecule has 3 rings (SSSR count). The molecule has 0 amide bonds. The van der Waals surface area contributed by atoms with Crippen molar-refractivity contribution >= 4 is 40.0 Å². The number of pyridine rings is 1. The van der Waals surface area contributed by atoms with Crippen molar-refractivity contribution in [2.24, 2.45) is 5.92 Å². The number of ether oxygens (including phenoxy) is 2. The van der Waals surface area contributed by atoms with Crippen LogP contribution in [-0.2, 0) is 16.0 Å². The molecule has 0 aliphatic carbocycles. The summed E-state index contributed by atoms with van der Waals surface area (Å²) >= 11 is 3.53. The van der Waals surface area contributed by atoms with E-state index in [1.54, 1.807) is 30.2 Å². The number of aryl methyl sites for hydroxylation is 1. The normalized spacial score (nSPS) is 12.1. The van der Waals surface area contributed by atoms with Gasteiger partial charge in [0.2, 0.25) is 0 Å². The third-order valence-electron chi connectivity index (χ3n) is 5.14. The van der Waals surface area contributed by atoms with Crippen molar-refractivity contribution in [2.45, 2.75) is 30.4 Å². The number of carbonyl (C=O) groups is 1. The second kappa shape index (κ2) is 12.8. The molecule has 2 heterocycles. The number of rotatable bonds is 13. The Morgan fingerprint density at radius 3 is 2.97 bits per heavy atom. The topological polar surface area (TPSA) is 60.5 Å². The summed E-state index contributed by atoms with van der Waals surface area (Å²) in [5.41, 5.74) is 1.34. The van der Waals surface area contributed by atoms with Crippen molar-refractivity contribution in [3.63, 3.8) is 0 Å². The van der Waals surface area contributed by atoms with E-state index in [4.69, 9.17) is 9.47 Å². The Hall–Kier alpha value is -2.16. The molecule has 0 bridgehead atoms. The molecule has 0 saturated heterocycles. The van der Waals surface area contributed by atoms with E-state index in [1.807, 2.05) is 31.2 Å². The molecule has 1 atom stereocenters. The van der Waals surface area contributed by atoms with Gasteiger partial charge in [0.25, 0.3) is 0 Å². The fourth-order valence-electron chi connectivity index (χ4n) is 3.52. The largest absolute Gasteiger partial charge is 0.497 e. The molecule has 0 radical (unpaired) electrons. The standard InChI is InChI=1S/C24H29FN2O3S2/c1-3-30-24(28)17(15-26-11-13-32-23-8-5-12-31-23)6-4-7-19-20-14-18(29-2)9-10-22(20)27-16-21(19)25/h5,8-10,12,14,16-17,26H,3-4,6-7,11,13,15H2,1-2H3. The maximum absolute atomic E-state index is 14.6. The van der Waals surface area contributed by atoms with E-state index in [2.05, 4.69) is 21.7 Å². The SMILES string of the molecule is CCOC(=O)C(CCCc1c(F)cnc2ccc(OC)cc12)CNCCSc1cccs1. The lowest BCUT2D eigenvalue weighted by atomic mass is 9.97. The Kier molecular flexibility index (Phi) is 9.77. The van der Waals surface area contributed by atoms with Crippen LogP contribution in [0.1, 0.15) is 25.3 Å². The molecule has 3 aromatic rings. The number of nitrogens with one attached hydrogen (secondary N) is 1. The van der Waals surface area contributed by atoms with Crippen LogP contribution in [-0.4, -0.2) is 43.5 Å². The van der Waals surface area contributed by atoms with Gasteiger partial charge in [-0.3, -0.25) is 9.78 Å². The maximum Gasteiger partial charge on any atom is 0.310 e. The minimum absolute atomic E-state index is 0.201. The van der Waals surface area contributed by atoms with Crippen molar-refractivity contribution in [1.82, 2.24) is 10.3 Å². The summed E-state index contributed by atoms with van der Waals surface area (Å²) < 4.78 is 26.4. The first-order valence-electron chi connectivity index (χ1n) is 10.8. The van der Waals surface area contributed by atoms with Crippen LogP contribution >= 0.6 is 23.1 Å². The third kappa shape index (κ3) is 6.92. The first kappa shape index (κ1) is 24.5. The maximum atomic E-state index is 14.6. The van der Waals surface area contributed by atoms with Crippen molar-refractivity contribution in [3.8, 4) is 5.75 Å². The Labute approximate surface area is 196 Å². The van der Waals surface area contributed by atoms with Gasteiger partial charge in [0, 0.05) is 24.2 Å². The molecule has 0 saturated carbocycles. The van der Waals surface area contributed by atoms with Crippen molar-refractivity contribution in [3.05, 3.63) is 53.3 Å². The minimum atomic E-state index is -0.331. The summed E-state index contributed by atoms with van der Waals surface area (Å²) in [6, 6.07) is 9.61. The Balaban J connectivity index is 1.56. The van der Waals surface area contributed by atoms with Crippen LogP contribution in [0.5, 0.6) is 5.75 Å². The van der Waals surface area contributed by atoms with E-state index in [0.717, 1.165) is 23.2 Å². The smallest absolute Gasteiger partial charge is 0.310 e. The lowest BCUT2D eigenvalue weighted by Crippen LogP contribution is -2.31. The molecule has 32 heavy (non-hydrogen) atoms. The zero-order valence-corrected chi connectivity index (χ0v) is 20.1. The van der Waals surface area contributed by atoms with Gasteiger partial charge in [0.05, 0.1) is 35.6 Å². The Morgan fingerprint density at radius 2 is 2.22 bits per heavy atom. The van der Waals surface area contributed by atoms with Crippen molar-refractivity contribution in [1.29, 1.82) is 0 Å². The molecular weight excluding hydrogens is 447 g/mol.